The molecular weight excluding hydrogens is 333 g/mol. The summed E-state index contributed by atoms with van der Waals surface area (Å²) in [5.74, 6) is 0.643. The number of para-hydroxylation sites is 1. The number of likely N-dealkylation sites (tertiary alicyclic amines) is 1. The molecule has 0 bridgehead atoms. The van der Waals surface area contributed by atoms with E-state index in [1.165, 1.54) is 12.8 Å². The highest BCUT2D eigenvalue weighted by Gasteiger charge is 2.30. The number of hydrogen-bond donors (Lipinski definition) is 2. The number of rotatable bonds is 4. The minimum Gasteiger partial charge on any atom is -0.398 e. The maximum absolute atomic E-state index is 12.2. The zero-order chi connectivity index (χ0) is 15.5. The van der Waals surface area contributed by atoms with E-state index in [-0.39, 0.29) is 36.3 Å². The molecule has 2 rings (SSSR count). The van der Waals surface area contributed by atoms with Gasteiger partial charge in [0.2, 0.25) is 0 Å². The average molecular weight is 362 g/mol. The van der Waals surface area contributed by atoms with Crippen LogP contribution in [0.25, 0.3) is 0 Å². The molecule has 132 valence electrons. The van der Waals surface area contributed by atoms with Gasteiger partial charge in [0, 0.05) is 24.3 Å². The Labute approximate surface area is 152 Å². The fourth-order valence-electron chi connectivity index (χ4n) is 2.95. The molecule has 1 aromatic carbocycles. The fourth-order valence-corrected chi connectivity index (χ4v) is 2.95. The van der Waals surface area contributed by atoms with E-state index in [1.54, 1.807) is 12.1 Å². The Morgan fingerprint density at radius 3 is 2.61 bits per heavy atom. The third-order valence-electron chi connectivity index (χ3n) is 4.40. The van der Waals surface area contributed by atoms with Crippen LogP contribution in [-0.4, -0.2) is 36.0 Å². The van der Waals surface area contributed by atoms with Crippen molar-refractivity contribution in [3.8, 4) is 0 Å². The Morgan fingerprint density at radius 2 is 2.00 bits per heavy atom. The normalized spacial score (nSPS) is 18.5. The second-order valence-electron chi connectivity index (χ2n) is 6.78. The van der Waals surface area contributed by atoms with Crippen molar-refractivity contribution in [1.82, 2.24) is 10.2 Å². The van der Waals surface area contributed by atoms with Crippen molar-refractivity contribution < 1.29 is 4.79 Å². The lowest BCUT2D eigenvalue weighted by Crippen LogP contribution is -2.54. The van der Waals surface area contributed by atoms with Gasteiger partial charge in [0.25, 0.3) is 5.91 Å². The summed E-state index contributed by atoms with van der Waals surface area (Å²) in [6.45, 7) is 9.54. The molecule has 1 fully saturated rings. The summed E-state index contributed by atoms with van der Waals surface area (Å²) in [6.07, 6.45) is 2.55. The first kappa shape index (κ1) is 22.0. The number of carbonyl (C=O) groups is 1. The summed E-state index contributed by atoms with van der Waals surface area (Å²) in [6, 6.07) is 7.20. The minimum atomic E-state index is -0.0915. The topological polar surface area (TPSA) is 58.4 Å². The molecule has 4 nitrogen and oxygen atoms in total. The maximum Gasteiger partial charge on any atom is 0.253 e. The van der Waals surface area contributed by atoms with Crippen LogP contribution in [0.1, 0.15) is 44.0 Å². The first-order valence-electron chi connectivity index (χ1n) is 7.78. The van der Waals surface area contributed by atoms with Crippen molar-refractivity contribution in [2.75, 3.05) is 25.4 Å². The minimum absolute atomic E-state index is 0. The lowest BCUT2D eigenvalue weighted by Gasteiger charge is -2.43. The fraction of sp³-hybridized carbons (Fsp3) is 0.588. The third kappa shape index (κ3) is 5.87. The molecule has 3 N–H and O–H groups in total. The molecule has 1 aliphatic heterocycles. The zero-order valence-electron chi connectivity index (χ0n) is 14.2. The van der Waals surface area contributed by atoms with Gasteiger partial charge in [-0.1, -0.05) is 19.1 Å². The summed E-state index contributed by atoms with van der Waals surface area (Å²) in [4.78, 5) is 14.7. The van der Waals surface area contributed by atoms with E-state index in [0.717, 1.165) is 19.0 Å². The predicted molar refractivity (Wildman–Crippen MR) is 102 cm³/mol. The number of amides is 1. The first-order valence-corrected chi connectivity index (χ1v) is 7.78. The predicted octanol–water partition coefficient (Wildman–Crippen LogP) is 3.35. The number of anilines is 1. The van der Waals surface area contributed by atoms with Gasteiger partial charge >= 0.3 is 0 Å². The van der Waals surface area contributed by atoms with Crippen LogP contribution in [0.5, 0.6) is 0 Å². The number of nitrogens with zero attached hydrogens (tertiary/aromatic N) is 1. The molecule has 0 radical (unpaired) electrons. The van der Waals surface area contributed by atoms with E-state index in [1.807, 2.05) is 12.1 Å². The van der Waals surface area contributed by atoms with Crippen LogP contribution in [0.4, 0.5) is 5.69 Å². The van der Waals surface area contributed by atoms with Gasteiger partial charge in [0.05, 0.1) is 5.56 Å². The molecule has 23 heavy (non-hydrogen) atoms. The van der Waals surface area contributed by atoms with E-state index < -0.39 is 0 Å². The van der Waals surface area contributed by atoms with E-state index in [9.17, 15) is 4.79 Å². The van der Waals surface area contributed by atoms with Gasteiger partial charge < -0.3 is 11.1 Å². The highest BCUT2D eigenvalue weighted by Crippen LogP contribution is 2.23. The Morgan fingerprint density at radius 1 is 1.35 bits per heavy atom. The SMILES string of the molecule is CC1CCCN(C(C)(C)CNC(=O)c2ccccc2N)C1.Cl.Cl. The Bertz CT molecular complexity index is 508. The maximum atomic E-state index is 12.2. The summed E-state index contributed by atoms with van der Waals surface area (Å²) in [5, 5.41) is 3.03. The third-order valence-corrected chi connectivity index (χ3v) is 4.40. The van der Waals surface area contributed by atoms with Gasteiger partial charge in [0.1, 0.15) is 0 Å². The van der Waals surface area contributed by atoms with Gasteiger partial charge in [-0.15, -0.1) is 24.8 Å². The van der Waals surface area contributed by atoms with Crippen LogP contribution < -0.4 is 11.1 Å². The number of carbonyl (C=O) groups excluding carboxylic acids is 1. The monoisotopic (exact) mass is 361 g/mol. The molecular formula is C17H29Cl2N3O. The van der Waals surface area contributed by atoms with Crippen LogP contribution in [0, 0.1) is 5.92 Å². The highest BCUT2D eigenvalue weighted by molar-refractivity contribution is 5.99. The van der Waals surface area contributed by atoms with Crippen LogP contribution in [0.2, 0.25) is 0 Å². The van der Waals surface area contributed by atoms with Crippen molar-refractivity contribution in [3.05, 3.63) is 29.8 Å². The number of piperidine rings is 1. The van der Waals surface area contributed by atoms with Crippen molar-refractivity contribution in [2.45, 2.75) is 39.2 Å². The van der Waals surface area contributed by atoms with Crippen molar-refractivity contribution in [3.63, 3.8) is 0 Å². The summed E-state index contributed by atoms with van der Waals surface area (Å²) in [7, 11) is 0. The molecule has 1 heterocycles. The smallest absolute Gasteiger partial charge is 0.253 e. The standard InChI is InChI=1S/C17H27N3O.2ClH/c1-13-7-6-10-20(11-13)17(2,3)12-19-16(21)14-8-4-5-9-15(14)18;;/h4-5,8-9,13H,6-7,10-12,18H2,1-3H3,(H,19,21);2*1H. The molecule has 1 aliphatic rings. The molecule has 0 spiro atoms. The van der Waals surface area contributed by atoms with Crippen molar-refractivity contribution in [2.24, 2.45) is 5.92 Å². The quantitative estimate of drug-likeness (QED) is 0.808. The second-order valence-corrected chi connectivity index (χ2v) is 6.78. The Balaban J connectivity index is 0.00000242. The van der Waals surface area contributed by atoms with Crippen LogP contribution >= 0.6 is 24.8 Å². The lowest BCUT2D eigenvalue weighted by atomic mass is 9.93. The van der Waals surface area contributed by atoms with Crippen molar-refractivity contribution in [1.29, 1.82) is 0 Å². The number of halogens is 2. The molecule has 1 atom stereocenters. The van der Waals surface area contributed by atoms with Gasteiger partial charge in [0.15, 0.2) is 0 Å². The lowest BCUT2D eigenvalue weighted by molar-refractivity contribution is 0.0657. The largest absolute Gasteiger partial charge is 0.398 e. The van der Waals surface area contributed by atoms with Crippen LogP contribution in [0.3, 0.4) is 0 Å². The number of nitrogens with one attached hydrogen (secondary N) is 1. The summed E-state index contributed by atoms with van der Waals surface area (Å²) in [5.41, 5.74) is 6.90. The number of nitrogens with two attached hydrogens (primary N) is 1. The van der Waals surface area contributed by atoms with E-state index >= 15 is 0 Å². The molecule has 1 amide bonds. The van der Waals surface area contributed by atoms with E-state index in [0.29, 0.717) is 17.8 Å². The van der Waals surface area contributed by atoms with E-state index in [4.69, 9.17) is 5.73 Å². The van der Waals surface area contributed by atoms with Crippen molar-refractivity contribution >= 4 is 36.4 Å². The Hall–Kier alpha value is -0.970. The average Bonchev–Trinajstić information content (AvgIpc) is 2.45. The summed E-state index contributed by atoms with van der Waals surface area (Å²) < 4.78 is 0. The molecule has 0 aliphatic carbocycles. The highest BCUT2D eigenvalue weighted by atomic mass is 35.5. The summed E-state index contributed by atoms with van der Waals surface area (Å²) >= 11 is 0. The van der Waals surface area contributed by atoms with Gasteiger partial charge in [-0.3, -0.25) is 9.69 Å². The number of nitrogen functional groups attached to an aromatic ring is 1. The second kappa shape index (κ2) is 9.36. The first-order chi connectivity index (χ1) is 9.90. The molecule has 6 heteroatoms. The van der Waals surface area contributed by atoms with Crippen LogP contribution in [0.15, 0.2) is 24.3 Å². The molecule has 1 saturated heterocycles. The van der Waals surface area contributed by atoms with Gasteiger partial charge in [-0.25, -0.2) is 0 Å². The number of hydrogen-bond acceptors (Lipinski definition) is 3. The van der Waals surface area contributed by atoms with Crippen LogP contribution in [-0.2, 0) is 0 Å². The molecule has 0 saturated carbocycles. The zero-order valence-corrected chi connectivity index (χ0v) is 15.8. The van der Waals surface area contributed by atoms with Gasteiger partial charge in [-0.2, -0.15) is 0 Å². The van der Waals surface area contributed by atoms with Gasteiger partial charge in [-0.05, 0) is 51.3 Å². The molecule has 1 aromatic rings. The number of benzene rings is 1. The molecule has 1 unspecified atom stereocenters. The Kier molecular flexibility index (Phi) is 8.96. The molecule has 0 aromatic heterocycles. The van der Waals surface area contributed by atoms with E-state index in [2.05, 4.69) is 31.0 Å².